The predicted octanol–water partition coefficient (Wildman–Crippen LogP) is 1.91. The van der Waals surface area contributed by atoms with Crippen LogP contribution in [0.15, 0.2) is 92.0 Å². The highest BCUT2D eigenvalue weighted by Gasteiger charge is 2.43. The van der Waals surface area contributed by atoms with E-state index in [-0.39, 0.29) is 18.2 Å². The number of aliphatic imine (C=N–C) groups is 2. The lowest BCUT2D eigenvalue weighted by Gasteiger charge is -2.38. The standard InChI is InChI=1S/C25H25ClN6O3/c1-4-31-11(3)27-12-6-14-20(9-17(12)31)35-24-16(28-14)8-21-23(22(24)26)29-15-7-13-18(10-19(15)34-21)32(5-2)25(33)30-13/h6-10,15,19-21,25,27,30,33H,3-5H2,1-2H3/t15?,19?,20?,21?,25-/m0/s1. The van der Waals surface area contributed by atoms with Crippen LogP contribution >= 0.6 is 11.6 Å². The van der Waals surface area contributed by atoms with E-state index >= 15 is 0 Å². The van der Waals surface area contributed by atoms with Crippen molar-refractivity contribution < 1.29 is 14.6 Å². The van der Waals surface area contributed by atoms with Crippen LogP contribution in [0.5, 0.6) is 0 Å². The first-order valence-corrected chi connectivity index (χ1v) is 12.3. The highest BCUT2D eigenvalue weighted by atomic mass is 35.5. The molecule has 2 fully saturated rings. The zero-order valence-electron chi connectivity index (χ0n) is 19.3. The van der Waals surface area contributed by atoms with E-state index in [1.165, 1.54) is 0 Å². The molecular weight excluding hydrogens is 468 g/mol. The number of halogens is 1. The fourth-order valence-electron chi connectivity index (χ4n) is 5.55. The second-order valence-electron chi connectivity index (χ2n) is 9.16. The van der Waals surface area contributed by atoms with Gasteiger partial charge in [0.05, 0.1) is 34.2 Å². The van der Waals surface area contributed by atoms with Crippen molar-refractivity contribution in [2.75, 3.05) is 13.1 Å². The van der Waals surface area contributed by atoms with Gasteiger partial charge in [-0.3, -0.25) is 4.99 Å². The molecule has 7 rings (SSSR count). The Labute approximate surface area is 207 Å². The van der Waals surface area contributed by atoms with Crippen molar-refractivity contribution in [3.63, 3.8) is 0 Å². The largest absolute Gasteiger partial charge is 0.476 e. The van der Waals surface area contributed by atoms with Crippen LogP contribution in [-0.2, 0) is 9.47 Å². The number of hydrogen-bond donors (Lipinski definition) is 3. The second kappa shape index (κ2) is 7.36. The summed E-state index contributed by atoms with van der Waals surface area (Å²) < 4.78 is 12.8. The van der Waals surface area contributed by atoms with Crippen LogP contribution in [-0.4, -0.2) is 70.1 Å². The molecule has 0 aromatic rings. The van der Waals surface area contributed by atoms with Crippen LogP contribution in [0.2, 0.25) is 0 Å². The molecule has 9 nitrogen and oxygen atoms in total. The van der Waals surface area contributed by atoms with Crippen LogP contribution in [0.1, 0.15) is 13.8 Å². The molecule has 4 heterocycles. The number of aliphatic hydroxyl groups excluding tert-OH is 1. The number of ether oxygens (including phenoxy) is 2. The molecule has 10 heteroatoms. The lowest BCUT2D eigenvalue weighted by atomic mass is 9.95. The van der Waals surface area contributed by atoms with Gasteiger partial charge in [-0.15, -0.1) is 0 Å². The van der Waals surface area contributed by atoms with Crippen LogP contribution in [0, 0.1) is 0 Å². The smallest absolute Gasteiger partial charge is 0.205 e. The molecule has 2 saturated heterocycles. The summed E-state index contributed by atoms with van der Waals surface area (Å²) in [5, 5.41) is 17.2. The van der Waals surface area contributed by atoms with Crippen LogP contribution < -0.4 is 10.6 Å². The van der Waals surface area contributed by atoms with Crippen molar-refractivity contribution >= 4 is 23.0 Å². The Hall–Kier alpha value is -3.27. The fourth-order valence-corrected chi connectivity index (χ4v) is 5.85. The van der Waals surface area contributed by atoms with E-state index in [0.29, 0.717) is 28.7 Å². The zero-order valence-corrected chi connectivity index (χ0v) is 20.1. The Morgan fingerprint density at radius 2 is 1.97 bits per heavy atom. The Kier molecular flexibility index (Phi) is 4.43. The van der Waals surface area contributed by atoms with E-state index in [2.05, 4.69) is 29.0 Å². The molecule has 3 N–H and O–H groups in total. The third kappa shape index (κ3) is 2.95. The Morgan fingerprint density at radius 1 is 1.11 bits per heavy atom. The topological polar surface area (TPSA) is 94.0 Å². The molecule has 0 aromatic carbocycles. The van der Waals surface area contributed by atoms with Gasteiger partial charge in [0.25, 0.3) is 0 Å². The summed E-state index contributed by atoms with van der Waals surface area (Å²) in [4.78, 5) is 13.8. The number of likely N-dealkylation sites (N-methyl/N-ethyl adjacent to an activating group) is 2. The van der Waals surface area contributed by atoms with Gasteiger partial charge in [-0.25, -0.2) is 4.99 Å². The molecule has 0 spiro atoms. The molecule has 4 unspecified atom stereocenters. The summed E-state index contributed by atoms with van der Waals surface area (Å²) in [6, 6.07) is -0.251. The van der Waals surface area contributed by atoms with Crippen molar-refractivity contribution in [1.82, 2.24) is 20.4 Å². The average molecular weight is 493 g/mol. The summed E-state index contributed by atoms with van der Waals surface area (Å²) in [6.07, 6.45) is 8.18. The number of hydrogen-bond acceptors (Lipinski definition) is 9. The second-order valence-corrected chi connectivity index (χ2v) is 9.54. The average Bonchev–Trinajstić information content (AvgIpc) is 3.32. The van der Waals surface area contributed by atoms with Gasteiger partial charge in [-0.05, 0) is 44.2 Å². The molecule has 180 valence electrons. The minimum Gasteiger partial charge on any atom is -0.476 e. The molecule has 4 aliphatic heterocycles. The molecule has 0 radical (unpaired) electrons. The molecular formula is C25H25ClN6O3. The van der Waals surface area contributed by atoms with Crippen LogP contribution in [0.4, 0.5) is 0 Å². The fraction of sp³-hybridized carbons (Fsp3) is 0.360. The van der Waals surface area contributed by atoms with Gasteiger partial charge < -0.3 is 35.0 Å². The van der Waals surface area contributed by atoms with E-state index in [1.807, 2.05) is 42.2 Å². The molecule has 5 atom stereocenters. The number of nitrogens with one attached hydrogen (secondary N) is 2. The van der Waals surface area contributed by atoms with Crippen molar-refractivity contribution in [3.8, 4) is 0 Å². The predicted molar refractivity (Wildman–Crippen MR) is 132 cm³/mol. The number of aliphatic hydroxyl groups is 1. The van der Waals surface area contributed by atoms with Crippen molar-refractivity contribution in [2.24, 2.45) is 9.98 Å². The first kappa shape index (κ1) is 21.0. The molecule has 0 bridgehead atoms. The maximum Gasteiger partial charge on any atom is 0.205 e. The van der Waals surface area contributed by atoms with Gasteiger partial charge >= 0.3 is 0 Å². The van der Waals surface area contributed by atoms with E-state index in [4.69, 9.17) is 31.1 Å². The SMILES string of the molecule is C=C1NC2=CC3=NC4=CC5OC6C=C7C(=CC6N=C5C(Cl)=C4OC3C=C2N1CC)N[C@H](O)N7CC. The Morgan fingerprint density at radius 3 is 2.77 bits per heavy atom. The number of rotatable bonds is 2. The van der Waals surface area contributed by atoms with Gasteiger partial charge in [0.1, 0.15) is 34.8 Å². The molecule has 35 heavy (non-hydrogen) atoms. The molecule has 0 amide bonds. The van der Waals surface area contributed by atoms with Gasteiger partial charge in [0, 0.05) is 13.1 Å². The van der Waals surface area contributed by atoms with Crippen molar-refractivity contribution in [2.45, 2.75) is 44.6 Å². The van der Waals surface area contributed by atoms with E-state index in [0.717, 1.165) is 40.9 Å². The lowest BCUT2D eigenvalue weighted by molar-refractivity contribution is 0.0354. The summed E-state index contributed by atoms with van der Waals surface area (Å²) >= 11 is 6.86. The highest BCUT2D eigenvalue weighted by molar-refractivity contribution is 6.45. The monoisotopic (exact) mass is 492 g/mol. The van der Waals surface area contributed by atoms with Crippen LogP contribution in [0.25, 0.3) is 0 Å². The summed E-state index contributed by atoms with van der Waals surface area (Å²) in [7, 11) is 0. The Bertz CT molecular complexity index is 1320. The lowest BCUT2D eigenvalue weighted by Crippen LogP contribution is -2.44. The Balaban J connectivity index is 1.25. The maximum atomic E-state index is 10.3. The normalized spacial score (nSPS) is 34.1. The number of nitrogens with zero attached hydrogens (tertiary/aromatic N) is 4. The highest BCUT2D eigenvalue weighted by Crippen LogP contribution is 2.41. The first-order chi connectivity index (χ1) is 16.9. The van der Waals surface area contributed by atoms with Crippen molar-refractivity contribution in [1.29, 1.82) is 0 Å². The third-order valence-corrected chi connectivity index (χ3v) is 7.57. The van der Waals surface area contributed by atoms with E-state index < -0.39 is 12.5 Å². The first-order valence-electron chi connectivity index (χ1n) is 11.9. The molecule has 3 aliphatic carbocycles. The molecule has 0 saturated carbocycles. The molecule has 0 aromatic heterocycles. The zero-order chi connectivity index (χ0) is 24.0. The summed E-state index contributed by atoms with van der Waals surface area (Å²) in [5.41, 5.74) is 5.86. The van der Waals surface area contributed by atoms with Gasteiger partial charge in [0.2, 0.25) is 6.35 Å². The minimum absolute atomic E-state index is 0.251. The van der Waals surface area contributed by atoms with Crippen molar-refractivity contribution in [3.05, 3.63) is 82.1 Å². The molecule has 7 aliphatic rings. The minimum atomic E-state index is -0.756. The van der Waals surface area contributed by atoms with Gasteiger partial charge in [-0.1, -0.05) is 18.2 Å². The van der Waals surface area contributed by atoms with Gasteiger partial charge in [-0.2, -0.15) is 0 Å². The maximum absolute atomic E-state index is 10.3. The summed E-state index contributed by atoms with van der Waals surface area (Å²) in [5.74, 6) is 1.36. The third-order valence-electron chi connectivity index (χ3n) is 7.20. The summed E-state index contributed by atoms with van der Waals surface area (Å²) in [6.45, 7) is 9.66. The quantitative estimate of drug-likeness (QED) is 0.542. The van der Waals surface area contributed by atoms with E-state index in [1.54, 1.807) is 0 Å². The number of fused-ring (bicyclic) bond motifs is 6. The van der Waals surface area contributed by atoms with Crippen LogP contribution in [0.3, 0.4) is 0 Å². The van der Waals surface area contributed by atoms with Gasteiger partial charge in [0.15, 0.2) is 11.9 Å². The van der Waals surface area contributed by atoms with E-state index in [9.17, 15) is 5.11 Å².